The summed E-state index contributed by atoms with van der Waals surface area (Å²) in [5.41, 5.74) is 1.01. The fourth-order valence-corrected chi connectivity index (χ4v) is 2.47. The Morgan fingerprint density at radius 3 is 3.05 bits per heavy atom. The molecule has 1 saturated heterocycles. The molecule has 1 atom stereocenters. The lowest BCUT2D eigenvalue weighted by molar-refractivity contribution is 0.0222. The second-order valence-corrected chi connectivity index (χ2v) is 5.40. The number of aromatic nitrogens is 2. The van der Waals surface area contributed by atoms with Gasteiger partial charge in [-0.1, -0.05) is 15.9 Å². The van der Waals surface area contributed by atoms with Gasteiger partial charge in [0.1, 0.15) is 11.9 Å². The molecule has 3 rings (SSSR count). The van der Waals surface area contributed by atoms with E-state index in [4.69, 9.17) is 4.74 Å². The molecule has 0 aliphatic carbocycles. The first-order chi connectivity index (χ1) is 9.74. The highest BCUT2D eigenvalue weighted by atomic mass is 79.9. The minimum absolute atomic E-state index is 0.182. The van der Waals surface area contributed by atoms with Crippen LogP contribution in [0.25, 0.3) is 11.3 Å². The molecule has 1 aliphatic heterocycles. The lowest BCUT2D eigenvalue weighted by atomic mass is 10.1. The highest BCUT2D eigenvalue weighted by Crippen LogP contribution is 2.25. The summed E-state index contributed by atoms with van der Waals surface area (Å²) in [5, 5.41) is 3.23. The molecule has 1 aliphatic rings. The van der Waals surface area contributed by atoms with Crippen molar-refractivity contribution in [3.05, 3.63) is 46.6 Å². The van der Waals surface area contributed by atoms with Crippen molar-refractivity contribution in [1.29, 1.82) is 0 Å². The smallest absolute Gasteiger partial charge is 0.159 e. The van der Waals surface area contributed by atoms with Crippen molar-refractivity contribution in [2.75, 3.05) is 19.7 Å². The van der Waals surface area contributed by atoms with Crippen molar-refractivity contribution < 1.29 is 9.13 Å². The van der Waals surface area contributed by atoms with E-state index in [1.807, 2.05) is 0 Å². The molecule has 1 fully saturated rings. The SMILES string of the molecule is Fc1ccc(Br)cc1-c1ccnc(C2CNCCO2)n1. The Morgan fingerprint density at radius 1 is 1.35 bits per heavy atom. The molecule has 2 heterocycles. The lowest BCUT2D eigenvalue weighted by Crippen LogP contribution is -2.34. The van der Waals surface area contributed by atoms with Crippen molar-refractivity contribution in [1.82, 2.24) is 15.3 Å². The van der Waals surface area contributed by atoms with Gasteiger partial charge in [-0.05, 0) is 24.3 Å². The Balaban J connectivity index is 1.96. The number of rotatable bonds is 2. The number of benzene rings is 1. The summed E-state index contributed by atoms with van der Waals surface area (Å²) in [6.07, 6.45) is 1.45. The van der Waals surface area contributed by atoms with Gasteiger partial charge in [0.15, 0.2) is 5.82 Å². The van der Waals surface area contributed by atoms with Gasteiger partial charge >= 0.3 is 0 Å². The quantitative estimate of drug-likeness (QED) is 0.915. The van der Waals surface area contributed by atoms with E-state index in [0.717, 1.165) is 11.0 Å². The highest BCUT2D eigenvalue weighted by Gasteiger charge is 2.19. The van der Waals surface area contributed by atoms with Crippen LogP contribution in [0, 0.1) is 5.82 Å². The Hall–Kier alpha value is -1.37. The van der Waals surface area contributed by atoms with Gasteiger partial charge in [0, 0.05) is 29.3 Å². The monoisotopic (exact) mass is 337 g/mol. The summed E-state index contributed by atoms with van der Waals surface area (Å²) < 4.78 is 20.3. The topological polar surface area (TPSA) is 47.0 Å². The van der Waals surface area contributed by atoms with Crippen molar-refractivity contribution in [2.45, 2.75) is 6.10 Å². The zero-order valence-corrected chi connectivity index (χ0v) is 12.2. The fraction of sp³-hybridized carbons (Fsp3) is 0.286. The maximum atomic E-state index is 13.9. The zero-order chi connectivity index (χ0) is 13.9. The van der Waals surface area contributed by atoms with E-state index in [0.29, 0.717) is 30.2 Å². The Morgan fingerprint density at radius 2 is 2.25 bits per heavy atom. The summed E-state index contributed by atoms with van der Waals surface area (Å²) in [6, 6.07) is 6.49. The summed E-state index contributed by atoms with van der Waals surface area (Å²) in [4.78, 5) is 8.66. The summed E-state index contributed by atoms with van der Waals surface area (Å²) in [7, 11) is 0. The van der Waals surface area contributed by atoms with Crippen LogP contribution in [0.15, 0.2) is 34.9 Å². The number of morpholine rings is 1. The van der Waals surface area contributed by atoms with Gasteiger partial charge in [0.2, 0.25) is 0 Å². The molecule has 0 spiro atoms. The molecule has 1 aromatic heterocycles. The zero-order valence-electron chi connectivity index (χ0n) is 10.6. The number of nitrogens with one attached hydrogen (secondary N) is 1. The van der Waals surface area contributed by atoms with Crippen molar-refractivity contribution in [2.24, 2.45) is 0 Å². The van der Waals surface area contributed by atoms with Crippen LogP contribution in [-0.2, 0) is 4.74 Å². The second kappa shape index (κ2) is 5.95. The van der Waals surface area contributed by atoms with E-state index in [1.165, 1.54) is 6.07 Å². The van der Waals surface area contributed by atoms with E-state index in [9.17, 15) is 4.39 Å². The van der Waals surface area contributed by atoms with Crippen molar-refractivity contribution >= 4 is 15.9 Å². The van der Waals surface area contributed by atoms with Crippen molar-refractivity contribution in [3.8, 4) is 11.3 Å². The molecule has 104 valence electrons. The molecule has 6 heteroatoms. The third-order valence-corrected chi connectivity index (χ3v) is 3.59. The molecule has 1 unspecified atom stereocenters. The molecule has 1 aromatic carbocycles. The highest BCUT2D eigenvalue weighted by molar-refractivity contribution is 9.10. The van der Waals surface area contributed by atoms with Crippen LogP contribution in [0.3, 0.4) is 0 Å². The van der Waals surface area contributed by atoms with Crippen LogP contribution < -0.4 is 5.32 Å². The van der Waals surface area contributed by atoms with E-state index in [1.54, 1.807) is 24.4 Å². The average molecular weight is 338 g/mol. The van der Waals surface area contributed by atoms with Crippen molar-refractivity contribution in [3.63, 3.8) is 0 Å². The second-order valence-electron chi connectivity index (χ2n) is 4.49. The van der Waals surface area contributed by atoms with Crippen LogP contribution >= 0.6 is 15.9 Å². The predicted octanol–water partition coefficient (Wildman–Crippen LogP) is 2.71. The number of hydrogen-bond acceptors (Lipinski definition) is 4. The molecule has 2 aromatic rings. The standard InChI is InChI=1S/C14H13BrFN3O/c15-9-1-2-11(16)10(7-9)12-3-4-18-14(19-12)13-8-17-5-6-20-13/h1-4,7,13,17H,5-6,8H2. The largest absolute Gasteiger partial charge is 0.368 e. The first-order valence-electron chi connectivity index (χ1n) is 6.35. The number of hydrogen-bond donors (Lipinski definition) is 1. The fourth-order valence-electron chi connectivity index (χ4n) is 2.10. The van der Waals surface area contributed by atoms with Gasteiger partial charge in [-0.3, -0.25) is 0 Å². The Kier molecular flexibility index (Phi) is 4.05. The molecular weight excluding hydrogens is 325 g/mol. The van der Waals surface area contributed by atoms with E-state index < -0.39 is 0 Å². The summed E-state index contributed by atoms with van der Waals surface area (Å²) in [5.74, 6) is 0.273. The number of nitrogens with zero attached hydrogens (tertiary/aromatic N) is 2. The van der Waals surface area contributed by atoms with Gasteiger partial charge in [-0.2, -0.15) is 0 Å². The Labute approximate surface area is 124 Å². The first kappa shape index (κ1) is 13.6. The van der Waals surface area contributed by atoms with E-state index >= 15 is 0 Å². The molecular formula is C14H13BrFN3O. The van der Waals surface area contributed by atoms with Gasteiger partial charge in [-0.25, -0.2) is 14.4 Å². The molecule has 0 amide bonds. The normalized spacial score (nSPS) is 19.0. The molecule has 1 N–H and O–H groups in total. The first-order valence-corrected chi connectivity index (χ1v) is 7.14. The molecule has 0 saturated carbocycles. The van der Waals surface area contributed by atoms with E-state index in [2.05, 4.69) is 31.2 Å². The van der Waals surface area contributed by atoms with Gasteiger partial charge in [-0.15, -0.1) is 0 Å². The molecule has 0 bridgehead atoms. The molecule has 0 radical (unpaired) electrons. The van der Waals surface area contributed by atoms with Crippen LogP contribution in [-0.4, -0.2) is 29.7 Å². The molecule has 20 heavy (non-hydrogen) atoms. The number of halogens is 2. The van der Waals surface area contributed by atoms with E-state index in [-0.39, 0.29) is 11.9 Å². The minimum Gasteiger partial charge on any atom is -0.368 e. The van der Waals surface area contributed by atoms with Crippen LogP contribution in [0.2, 0.25) is 0 Å². The Bertz CT molecular complexity index is 617. The maximum absolute atomic E-state index is 13.9. The average Bonchev–Trinajstić information content (AvgIpc) is 2.51. The van der Waals surface area contributed by atoms with Gasteiger partial charge < -0.3 is 10.1 Å². The van der Waals surface area contributed by atoms with Gasteiger partial charge in [0.05, 0.1) is 12.3 Å². The van der Waals surface area contributed by atoms with Crippen LogP contribution in [0.4, 0.5) is 4.39 Å². The molecule has 4 nitrogen and oxygen atoms in total. The maximum Gasteiger partial charge on any atom is 0.159 e. The summed E-state index contributed by atoms with van der Waals surface area (Å²) >= 11 is 3.34. The predicted molar refractivity (Wildman–Crippen MR) is 76.7 cm³/mol. The summed E-state index contributed by atoms with van der Waals surface area (Å²) in [6.45, 7) is 2.13. The van der Waals surface area contributed by atoms with Gasteiger partial charge in [0.25, 0.3) is 0 Å². The van der Waals surface area contributed by atoms with Crippen LogP contribution in [0.1, 0.15) is 11.9 Å². The van der Waals surface area contributed by atoms with Crippen LogP contribution in [0.5, 0.6) is 0 Å². The third-order valence-electron chi connectivity index (χ3n) is 3.09. The third kappa shape index (κ3) is 2.87. The lowest BCUT2D eigenvalue weighted by Gasteiger charge is -2.22. The minimum atomic E-state index is -0.305. The number of ether oxygens (including phenoxy) is 1.